The van der Waals surface area contributed by atoms with Crippen LogP contribution in [0.2, 0.25) is 10.0 Å². The van der Waals surface area contributed by atoms with Crippen molar-refractivity contribution in [1.82, 2.24) is 0 Å². The third-order valence-electron chi connectivity index (χ3n) is 4.24. The third kappa shape index (κ3) is 4.08. The topological polar surface area (TPSA) is 43.8 Å². The van der Waals surface area contributed by atoms with Gasteiger partial charge in [0, 0.05) is 38.1 Å². The number of rotatable bonds is 3. The smallest absolute Gasteiger partial charge is 0.261 e. The van der Waals surface area contributed by atoms with Crippen molar-refractivity contribution in [3.63, 3.8) is 0 Å². The fraction of sp³-hybridized carbons (Fsp3) is 0.350. The van der Waals surface area contributed by atoms with Crippen LogP contribution in [0.25, 0.3) is 0 Å². The van der Waals surface area contributed by atoms with Gasteiger partial charge in [-0.1, -0.05) is 44.0 Å². The molecule has 0 spiro atoms. The Balaban J connectivity index is 2.46. The molecule has 1 amide bonds. The van der Waals surface area contributed by atoms with E-state index < -0.39 is 0 Å². The van der Waals surface area contributed by atoms with Crippen molar-refractivity contribution in [2.75, 3.05) is 30.9 Å². The van der Waals surface area contributed by atoms with Crippen LogP contribution in [-0.2, 0) is 5.41 Å². The minimum atomic E-state index is -0.309. The van der Waals surface area contributed by atoms with E-state index in [4.69, 9.17) is 23.2 Å². The maximum atomic E-state index is 13.0. The lowest BCUT2D eigenvalue weighted by Crippen LogP contribution is -2.27. The van der Waals surface area contributed by atoms with Gasteiger partial charge in [-0.2, -0.15) is 0 Å². The summed E-state index contributed by atoms with van der Waals surface area (Å²) in [4.78, 5) is 16.3. The summed E-state index contributed by atoms with van der Waals surface area (Å²) in [6, 6.07) is 8.53. The first-order chi connectivity index (χ1) is 11.9. The maximum Gasteiger partial charge on any atom is 0.261 e. The highest BCUT2D eigenvalue weighted by Crippen LogP contribution is 2.35. The van der Waals surface area contributed by atoms with Crippen LogP contribution in [0, 0.1) is 0 Å². The summed E-state index contributed by atoms with van der Waals surface area (Å²) in [6.07, 6.45) is 0. The highest BCUT2D eigenvalue weighted by atomic mass is 35.5. The molecule has 0 aliphatic heterocycles. The molecule has 0 unspecified atom stereocenters. The Morgan fingerprint density at radius 3 is 1.96 bits per heavy atom. The van der Waals surface area contributed by atoms with Crippen molar-refractivity contribution in [3.05, 3.63) is 51.5 Å². The van der Waals surface area contributed by atoms with Crippen molar-refractivity contribution in [2.45, 2.75) is 26.2 Å². The van der Waals surface area contributed by atoms with Gasteiger partial charge in [0.05, 0.1) is 15.6 Å². The molecule has 140 valence electrons. The van der Waals surface area contributed by atoms with E-state index in [0.717, 1.165) is 11.3 Å². The predicted octanol–water partition coefficient (Wildman–Crippen LogP) is 5.34. The van der Waals surface area contributed by atoms with Gasteiger partial charge in [-0.25, -0.2) is 0 Å². The number of carbonyl (C=O) groups excluding carboxylic acids is 1. The lowest BCUT2D eigenvalue weighted by Gasteiger charge is -2.25. The van der Waals surface area contributed by atoms with Gasteiger partial charge in [0.15, 0.2) is 0 Å². The molecule has 2 aromatic rings. The first-order valence-corrected chi connectivity index (χ1v) is 8.97. The first-order valence-electron chi connectivity index (χ1n) is 8.21. The van der Waals surface area contributed by atoms with Crippen LogP contribution >= 0.6 is 23.2 Å². The molecule has 2 aromatic carbocycles. The van der Waals surface area contributed by atoms with Gasteiger partial charge in [-0.3, -0.25) is 4.79 Å². The van der Waals surface area contributed by atoms with Gasteiger partial charge >= 0.3 is 0 Å². The predicted molar refractivity (Wildman–Crippen MR) is 110 cm³/mol. The van der Waals surface area contributed by atoms with Crippen LogP contribution in [0.4, 0.5) is 11.4 Å². The quantitative estimate of drug-likeness (QED) is 0.763. The largest absolute Gasteiger partial charge is 0.508 e. The number of halogens is 2. The van der Waals surface area contributed by atoms with E-state index in [1.54, 1.807) is 31.3 Å². The molecule has 0 bridgehead atoms. The van der Waals surface area contributed by atoms with Gasteiger partial charge in [0.2, 0.25) is 0 Å². The molecule has 0 aliphatic carbocycles. The van der Waals surface area contributed by atoms with Crippen molar-refractivity contribution in [2.24, 2.45) is 0 Å². The summed E-state index contributed by atoms with van der Waals surface area (Å²) in [5.41, 5.74) is 2.23. The molecule has 0 aromatic heterocycles. The number of phenolic OH excluding ortho intramolecular Hbond substituents is 1. The minimum absolute atomic E-state index is 0.202. The zero-order chi connectivity index (χ0) is 19.8. The number of phenols is 1. The molecule has 26 heavy (non-hydrogen) atoms. The zero-order valence-electron chi connectivity index (χ0n) is 15.9. The molecule has 0 saturated heterocycles. The second kappa shape index (κ2) is 7.37. The van der Waals surface area contributed by atoms with E-state index in [1.807, 2.05) is 45.8 Å². The van der Waals surface area contributed by atoms with E-state index in [-0.39, 0.29) is 22.6 Å². The highest BCUT2D eigenvalue weighted by molar-refractivity contribution is 6.41. The Morgan fingerprint density at radius 2 is 1.50 bits per heavy atom. The Bertz CT molecular complexity index is 819. The van der Waals surface area contributed by atoms with Gasteiger partial charge in [-0.05, 0) is 35.7 Å². The minimum Gasteiger partial charge on any atom is -0.508 e. The first kappa shape index (κ1) is 20.4. The molecule has 0 saturated carbocycles. The zero-order valence-corrected chi connectivity index (χ0v) is 17.4. The Labute approximate surface area is 164 Å². The monoisotopic (exact) mass is 394 g/mol. The number of amides is 1. The average molecular weight is 395 g/mol. The van der Waals surface area contributed by atoms with Crippen LogP contribution in [0.3, 0.4) is 0 Å². The average Bonchev–Trinajstić information content (AvgIpc) is 2.52. The van der Waals surface area contributed by atoms with Gasteiger partial charge in [0.25, 0.3) is 5.91 Å². The number of carbonyl (C=O) groups is 1. The van der Waals surface area contributed by atoms with E-state index >= 15 is 0 Å². The summed E-state index contributed by atoms with van der Waals surface area (Å²) in [7, 11) is 5.41. The molecule has 0 fully saturated rings. The van der Waals surface area contributed by atoms with Gasteiger partial charge < -0.3 is 14.9 Å². The van der Waals surface area contributed by atoms with E-state index in [0.29, 0.717) is 15.7 Å². The lowest BCUT2D eigenvalue weighted by atomic mass is 9.86. The fourth-order valence-electron chi connectivity index (χ4n) is 2.64. The molecule has 0 atom stereocenters. The van der Waals surface area contributed by atoms with Crippen molar-refractivity contribution in [3.8, 4) is 5.75 Å². The van der Waals surface area contributed by atoms with E-state index in [1.165, 1.54) is 4.90 Å². The Morgan fingerprint density at radius 1 is 0.962 bits per heavy atom. The summed E-state index contributed by atoms with van der Waals surface area (Å²) >= 11 is 12.7. The van der Waals surface area contributed by atoms with Crippen molar-refractivity contribution < 1.29 is 9.90 Å². The van der Waals surface area contributed by atoms with Crippen LogP contribution in [-0.4, -0.2) is 32.2 Å². The molecule has 0 heterocycles. The highest BCUT2D eigenvalue weighted by Gasteiger charge is 2.24. The molecule has 0 aliphatic rings. The molecule has 1 N–H and O–H groups in total. The number of anilines is 2. The van der Waals surface area contributed by atoms with Crippen molar-refractivity contribution in [1.29, 1.82) is 0 Å². The number of nitrogens with zero attached hydrogens (tertiary/aromatic N) is 2. The number of hydrogen-bond donors (Lipinski definition) is 1. The number of aromatic hydroxyl groups is 1. The second-order valence-electron chi connectivity index (χ2n) is 7.49. The molecule has 0 radical (unpaired) electrons. The standard InChI is InChI=1S/C20H24Cl2N2O2/c1-20(2,3)14-9-12(7-8-17(14)25)24(6)19(26)18-15(21)10-13(23(4)5)11-16(18)22/h7-11,25H,1-6H3. The third-order valence-corrected chi connectivity index (χ3v) is 4.83. The van der Waals surface area contributed by atoms with E-state index in [9.17, 15) is 9.90 Å². The second-order valence-corrected chi connectivity index (χ2v) is 8.31. The van der Waals surface area contributed by atoms with Gasteiger partial charge in [0.1, 0.15) is 5.75 Å². The van der Waals surface area contributed by atoms with Crippen molar-refractivity contribution >= 4 is 40.5 Å². The summed E-state index contributed by atoms with van der Waals surface area (Å²) in [5.74, 6) is -0.107. The number of hydrogen-bond acceptors (Lipinski definition) is 3. The summed E-state index contributed by atoms with van der Waals surface area (Å²) in [6.45, 7) is 6.00. The molecule has 4 nitrogen and oxygen atoms in total. The molecule has 6 heteroatoms. The van der Waals surface area contributed by atoms with Crippen LogP contribution in [0.5, 0.6) is 5.75 Å². The normalized spacial score (nSPS) is 11.4. The summed E-state index contributed by atoms with van der Waals surface area (Å²) < 4.78 is 0. The van der Waals surface area contributed by atoms with E-state index in [2.05, 4.69) is 0 Å². The SMILES string of the molecule is CN(C)c1cc(Cl)c(C(=O)N(C)c2ccc(O)c(C(C)(C)C)c2)c(Cl)c1. The van der Waals surface area contributed by atoms with Gasteiger partial charge in [-0.15, -0.1) is 0 Å². The lowest BCUT2D eigenvalue weighted by molar-refractivity contribution is 0.0993. The Hall–Kier alpha value is -1.91. The summed E-state index contributed by atoms with van der Waals surface area (Å²) in [5, 5.41) is 10.7. The van der Waals surface area contributed by atoms with Crippen LogP contribution in [0.15, 0.2) is 30.3 Å². The van der Waals surface area contributed by atoms with Crippen LogP contribution in [0.1, 0.15) is 36.7 Å². The number of benzene rings is 2. The molecular weight excluding hydrogens is 371 g/mol. The molecular formula is C20H24Cl2N2O2. The van der Waals surface area contributed by atoms with Crippen LogP contribution < -0.4 is 9.80 Å². The fourth-order valence-corrected chi connectivity index (χ4v) is 3.28. The molecule has 2 rings (SSSR count). The maximum absolute atomic E-state index is 13.0. The Kier molecular flexibility index (Phi) is 5.79.